The number of benzene rings is 1. The van der Waals surface area contributed by atoms with E-state index in [9.17, 15) is 9.59 Å². The van der Waals surface area contributed by atoms with Crippen molar-refractivity contribution in [2.24, 2.45) is 0 Å². The first kappa shape index (κ1) is 11.5. The van der Waals surface area contributed by atoms with E-state index in [-0.39, 0.29) is 11.5 Å². The predicted molar refractivity (Wildman–Crippen MR) is 65.0 cm³/mol. The van der Waals surface area contributed by atoms with E-state index < -0.39 is 11.5 Å². The average molecular weight is 295 g/mol. The van der Waals surface area contributed by atoms with Crippen LogP contribution in [-0.2, 0) is 0 Å². The monoisotopic (exact) mass is 294 g/mol. The summed E-state index contributed by atoms with van der Waals surface area (Å²) in [6.07, 6.45) is 0. The first-order valence-electron chi connectivity index (χ1n) is 4.67. The van der Waals surface area contributed by atoms with Gasteiger partial charge in [0.2, 0.25) is 0 Å². The van der Waals surface area contributed by atoms with Crippen molar-refractivity contribution < 1.29 is 9.90 Å². The minimum absolute atomic E-state index is 0.233. The third kappa shape index (κ3) is 2.59. The van der Waals surface area contributed by atoms with E-state index in [4.69, 9.17) is 5.11 Å². The number of nitrogens with one attached hydrogen (secondary N) is 1. The Morgan fingerprint density at radius 3 is 2.76 bits per heavy atom. The highest BCUT2D eigenvalue weighted by atomic mass is 79.9. The largest absolute Gasteiger partial charge is 0.477 e. The molecule has 0 spiro atoms. The van der Waals surface area contributed by atoms with Gasteiger partial charge in [0.15, 0.2) is 5.69 Å². The highest BCUT2D eigenvalue weighted by Gasteiger charge is 2.09. The molecule has 1 heterocycles. The number of carboxylic acids is 1. The highest BCUT2D eigenvalue weighted by molar-refractivity contribution is 9.10. The van der Waals surface area contributed by atoms with Crippen LogP contribution < -0.4 is 5.56 Å². The normalized spacial score (nSPS) is 10.2. The molecule has 0 unspecified atom stereocenters. The van der Waals surface area contributed by atoms with E-state index in [1.54, 1.807) is 18.2 Å². The molecule has 2 aromatic rings. The molecular formula is C11H7BrN2O3. The second kappa shape index (κ2) is 4.50. The fourth-order valence-corrected chi connectivity index (χ4v) is 1.74. The van der Waals surface area contributed by atoms with Gasteiger partial charge < -0.3 is 10.1 Å². The lowest BCUT2D eigenvalue weighted by Crippen LogP contribution is -2.13. The Morgan fingerprint density at radius 1 is 1.35 bits per heavy atom. The fourth-order valence-electron chi connectivity index (χ4n) is 1.34. The van der Waals surface area contributed by atoms with E-state index in [0.717, 1.165) is 10.5 Å². The molecule has 0 amide bonds. The van der Waals surface area contributed by atoms with Crippen LogP contribution in [0.1, 0.15) is 10.5 Å². The molecule has 0 bridgehead atoms. The maximum atomic E-state index is 11.3. The van der Waals surface area contributed by atoms with Crippen molar-refractivity contribution in [3.63, 3.8) is 0 Å². The Bertz CT molecular complexity index is 637. The van der Waals surface area contributed by atoms with E-state index in [1.165, 1.54) is 0 Å². The smallest absolute Gasteiger partial charge is 0.354 e. The number of H-pyrrole nitrogens is 1. The van der Waals surface area contributed by atoms with Gasteiger partial charge in [-0.2, -0.15) is 0 Å². The zero-order valence-corrected chi connectivity index (χ0v) is 10.1. The lowest BCUT2D eigenvalue weighted by molar-refractivity contribution is 0.0690. The van der Waals surface area contributed by atoms with Crippen LogP contribution in [0.5, 0.6) is 0 Å². The van der Waals surface area contributed by atoms with Crippen LogP contribution in [-0.4, -0.2) is 21.0 Å². The summed E-state index contributed by atoms with van der Waals surface area (Å²) < 4.78 is 0.818. The number of aromatic amines is 1. The molecule has 2 rings (SSSR count). The average Bonchev–Trinajstić information content (AvgIpc) is 2.28. The summed E-state index contributed by atoms with van der Waals surface area (Å²) in [6.45, 7) is 0. The number of hydrogen-bond acceptors (Lipinski definition) is 3. The van der Waals surface area contributed by atoms with Crippen LogP contribution in [0.15, 0.2) is 39.6 Å². The summed E-state index contributed by atoms with van der Waals surface area (Å²) in [5, 5.41) is 8.81. The molecule has 6 heteroatoms. The number of nitrogens with zero attached hydrogens (tertiary/aromatic N) is 1. The first-order valence-corrected chi connectivity index (χ1v) is 5.46. The Morgan fingerprint density at radius 2 is 2.12 bits per heavy atom. The quantitative estimate of drug-likeness (QED) is 0.886. The van der Waals surface area contributed by atoms with Gasteiger partial charge in [0.05, 0.1) is 0 Å². The van der Waals surface area contributed by atoms with Gasteiger partial charge in [-0.3, -0.25) is 4.79 Å². The Balaban J connectivity index is 2.60. The molecule has 2 N–H and O–H groups in total. The fraction of sp³-hybridized carbons (Fsp3) is 0. The van der Waals surface area contributed by atoms with Crippen molar-refractivity contribution in [3.8, 4) is 11.4 Å². The molecule has 0 aliphatic rings. The Labute approximate surface area is 104 Å². The van der Waals surface area contributed by atoms with Crippen LogP contribution in [0.25, 0.3) is 11.4 Å². The van der Waals surface area contributed by atoms with Crippen molar-refractivity contribution in [3.05, 3.63) is 50.9 Å². The molecule has 0 atom stereocenters. The van der Waals surface area contributed by atoms with E-state index in [1.807, 2.05) is 6.07 Å². The number of rotatable bonds is 2. The molecule has 17 heavy (non-hydrogen) atoms. The lowest BCUT2D eigenvalue weighted by Gasteiger charge is -2.02. The molecule has 5 nitrogen and oxygen atoms in total. The van der Waals surface area contributed by atoms with Crippen LogP contribution in [0.2, 0.25) is 0 Å². The van der Waals surface area contributed by atoms with Gasteiger partial charge in [0, 0.05) is 16.1 Å². The number of aromatic carboxylic acids is 1. The van der Waals surface area contributed by atoms with Gasteiger partial charge >= 0.3 is 5.97 Å². The van der Waals surface area contributed by atoms with Gasteiger partial charge in [-0.25, -0.2) is 9.78 Å². The molecule has 1 aromatic heterocycles. The number of carbonyl (C=O) groups is 1. The number of aromatic nitrogens is 2. The minimum Gasteiger partial charge on any atom is -0.477 e. The third-order valence-corrected chi connectivity index (χ3v) is 2.55. The van der Waals surface area contributed by atoms with E-state index >= 15 is 0 Å². The van der Waals surface area contributed by atoms with Gasteiger partial charge in [-0.05, 0) is 12.1 Å². The molecule has 0 saturated carbocycles. The van der Waals surface area contributed by atoms with Crippen LogP contribution in [0, 0.1) is 0 Å². The maximum absolute atomic E-state index is 11.3. The number of halogens is 1. The topological polar surface area (TPSA) is 83.0 Å². The van der Waals surface area contributed by atoms with Gasteiger partial charge in [-0.1, -0.05) is 28.1 Å². The van der Waals surface area contributed by atoms with E-state index in [0.29, 0.717) is 5.56 Å². The van der Waals surface area contributed by atoms with Crippen LogP contribution in [0.4, 0.5) is 0 Å². The van der Waals surface area contributed by atoms with E-state index in [2.05, 4.69) is 25.9 Å². The van der Waals surface area contributed by atoms with Gasteiger partial charge in [0.1, 0.15) is 5.82 Å². The summed E-state index contributed by atoms with van der Waals surface area (Å²) in [5.74, 6) is -0.997. The van der Waals surface area contributed by atoms with Crippen LogP contribution >= 0.6 is 15.9 Å². The van der Waals surface area contributed by atoms with Crippen molar-refractivity contribution in [2.45, 2.75) is 0 Å². The highest BCUT2D eigenvalue weighted by Crippen LogP contribution is 2.18. The van der Waals surface area contributed by atoms with Crippen LogP contribution in [0.3, 0.4) is 0 Å². The molecule has 86 valence electrons. The van der Waals surface area contributed by atoms with Crippen molar-refractivity contribution >= 4 is 21.9 Å². The summed E-state index contributed by atoms with van der Waals surface area (Å²) in [7, 11) is 0. The predicted octanol–water partition coefficient (Wildman–Crippen LogP) is 1.90. The molecule has 0 saturated heterocycles. The Hall–Kier alpha value is -1.95. The summed E-state index contributed by atoms with van der Waals surface area (Å²) >= 11 is 3.29. The van der Waals surface area contributed by atoms with Crippen molar-refractivity contribution in [2.75, 3.05) is 0 Å². The molecule has 0 aliphatic carbocycles. The lowest BCUT2D eigenvalue weighted by atomic mass is 10.2. The molecule has 1 aromatic carbocycles. The van der Waals surface area contributed by atoms with Crippen molar-refractivity contribution in [1.29, 1.82) is 0 Å². The Kier molecular flexibility index (Phi) is 3.06. The SMILES string of the molecule is O=C(O)c1cc(=O)[nH]c(-c2cccc(Br)c2)n1. The standard InChI is InChI=1S/C11H7BrN2O3/c12-7-3-1-2-6(4-7)10-13-8(11(16)17)5-9(15)14-10/h1-5H,(H,16,17)(H,13,14,15). The summed E-state index contributed by atoms with van der Waals surface area (Å²) in [5.41, 5.74) is -0.129. The molecule has 0 aliphatic heterocycles. The zero-order valence-electron chi connectivity index (χ0n) is 8.48. The number of hydrogen-bond donors (Lipinski definition) is 2. The van der Waals surface area contributed by atoms with Gasteiger partial charge in [0.25, 0.3) is 5.56 Å². The molecule has 0 radical (unpaired) electrons. The second-order valence-corrected chi connectivity index (χ2v) is 4.21. The third-order valence-electron chi connectivity index (χ3n) is 2.06. The summed E-state index contributed by atoms with van der Waals surface area (Å²) in [6, 6.07) is 8.01. The summed E-state index contributed by atoms with van der Waals surface area (Å²) in [4.78, 5) is 28.4. The van der Waals surface area contributed by atoms with Gasteiger partial charge in [-0.15, -0.1) is 0 Å². The van der Waals surface area contributed by atoms with Crippen molar-refractivity contribution in [1.82, 2.24) is 9.97 Å². The zero-order chi connectivity index (χ0) is 12.4. The minimum atomic E-state index is -1.23. The molecule has 0 fully saturated rings. The maximum Gasteiger partial charge on any atom is 0.354 e. The first-order chi connectivity index (χ1) is 8.06. The number of carboxylic acid groups (broad SMARTS) is 1. The second-order valence-electron chi connectivity index (χ2n) is 3.29. The molecular weight excluding hydrogens is 288 g/mol.